The Morgan fingerprint density at radius 2 is 1.92 bits per heavy atom. The molecule has 3 aromatic rings. The molecule has 0 spiro atoms. The standard InChI is InChI=1S/C18H16ClN3O2/c1-11(18(20)24)22-10-21-16(12-5-3-2-4-6-12)17(22)13-7-8-15(23)14(19)9-13/h2-11,23H,1H3,(H2,20,24)/t11-/m1/s1. The van der Waals surface area contributed by atoms with Crippen LogP contribution in [0.2, 0.25) is 5.02 Å². The molecule has 6 heteroatoms. The molecule has 0 bridgehead atoms. The summed E-state index contributed by atoms with van der Waals surface area (Å²) >= 11 is 6.05. The fraction of sp³-hybridized carbons (Fsp3) is 0.111. The van der Waals surface area contributed by atoms with E-state index in [0.717, 1.165) is 16.8 Å². The van der Waals surface area contributed by atoms with Crippen LogP contribution in [0.1, 0.15) is 13.0 Å². The average molecular weight is 342 g/mol. The van der Waals surface area contributed by atoms with Crippen molar-refractivity contribution >= 4 is 17.5 Å². The van der Waals surface area contributed by atoms with Crippen molar-refractivity contribution in [2.45, 2.75) is 13.0 Å². The van der Waals surface area contributed by atoms with Crippen molar-refractivity contribution in [3.05, 3.63) is 59.9 Å². The van der Waals surface area contributed by atoms with Gasteiger partial charge >= 0.3 is 0 Å². The molecule has 1 atom stereocenters. The number of hydrogen-bond donors (Lipinski definition) is 2. The van der Waals surface area contributed by atoms with Crippen molar-refractivity contribution < 1.29 is 9.90 Å². The number of phenols is 1. The van der Waals surface area contributed by atoms with E-state index < -0.39 is 11.9 Å². The second-order valence-electron chi connectivity index (χ2n) is 5.46. The van der Waals surface area contributed by atoms with Crippen LogP contribution >= 0.6 is 11.6 Å². The molecular weight excluding hydrogens is 326 g/mol. The third-order valence-electron chi connectivity index (χ3n) is 3.89. The topological polar surface area (TPSA) is 81.1 Å². The molecule has 0 aliphatic heterocycles. The Balaban J connectivity index is 2.25. The van der Waals surface area contributed by atoms with Gasteiger partial charge in [-0.3, -0.25) is 4.79 Å². The van der Waals surface area contributed by atoms with Gasteiger partial charge in [0.25, 0.3) is 0 Å². The number of carbonyl (C=O) groups excluding carboxylic acids is 1. The van der Waals surface area contributed by atoms with E-state index in [9.17, 15) is 9.90 Å². The van der Waals surface area contributed by atoms with Crippen LogP contribution in [0.15, 0.2) is 54.9 Å². The lowest BCUT2D eigenvalue weighted by Gasteiger charge is -2.15. The number of nitrogens with two attached hydrogens (primary N) is 1. The molecule has 0 unspecified atom stereocenters. The summed E-state index contributed by atoms with van der Waals surface area (Å²) in [6.07, 6.45) is 1.59. The van der Waals surface area contributed by atoms with Crippen molar-refractivity contribution in [2.24, 2.45) is 5.73 Å². The van der Waals surface area contributed by atoms with Crippen LogP contribution in [-0.4, -0.2) is 20.6 Å². The molecule has 0 radical (unpaired) electrons. The molecule has 2 aromatic carbocycles. The predicted octanol–water partition coefficient (Wildman–Crippen LogP) is 3.62. The zero-order valence-corrected chi connectivity index (χ0v) is 13.7. The van der Waals surface area contributed by atoms with E-state index in [-0.39, 0.29) is 10.8 Å². The summed E-state index contributed by atoms with van der Waals surface area (Å²) in [5.74, 6) is -0.464. The molecule has 0 saturated heterocycles. The summed E-state index contributed by atoms with van der Waals surface area (Å²) in [7, 11) is 0. The number of aromatic nitrogens is 2. The SMILES string of the molecule is C[C@H](C(N)=O)n1cnc(-c2ccccc2)c1-c1ccc(O)c(Cl)c1. The van der Waals surface area contributed by atoms with Gasteiger partial charge in [-0.05, 0) is 25.1 Å². The van der Waals surface area contributed by atoms with Crippen molar-refractivity contribution in [1.82, 2.24) is 9.55 Å². The number of imidazole rings is 1. The normalized spacial score (nSPS) is 12.1. The van der Waals surface area contributed by atoms with Gasteiger partial charge in [-0.2, -0.15) is 0 Å². The minimum Gasteiger partial charge on any atom is -0.506 e. The van der Waals surface area contributed by atoms with Crippen LogP contribution in [0.4, 0.5) is 0 Å². The minimum absolute atomic E-state index is 0.00399. The monoisotopic (exact) mass is 341 g/mol. The number of halogens is 1. The van der Waals surface area contributed by atoms with Crippen LogP contribution in [-0.2, 0) is 4.79 Å². The van der Waals surface area contributed by atoms with Crippen molar-refractivity contribution in [3.63, 3.8) is 0 Å². The highest BCUT2D eigenvalue weighted by Crippen LogP contribution is 2.36. The van der Waals surface area contributed by atoms with Gasteiger partial charge < -0.3 is 15.4 Å². The third-order valence-corrected chi connectivity index (χ3v) is 4.19. The maximum absolute atomic E-state index is 11.7. The summed E-state index contributed by atoms with van der Waals surface area (Å²) in [5.41, 5.74) is 8.54. The average Bonchev–Trinajstić information content (AvgIpc) is 3.02. The predicted molar refractivity (Wildman–Crippen MR) is 93.7 cm³/mol. The lowest BCUT2D eigenvalue weighted by atomic mass is 10.0. The van der Waals surface area contributed by atoms with E-state index in [0.29, 0.717) is 5.69 Å². The van der Waals surface area contributed by atoms with Gasteiger partial charge in [0.15, 0.2) is 0 Å². The number of hydrogen-bond acceptors (Lipinski definition) is 3. The van der Waals surface area contributed by atoms with Crippen LogP contribution in [0.5, 0.6) is 5.75 Å². The molecular formula is C18H16ClN3O2. The fourth-order valence-corrected chi connectivity index (χ4v) is 2.72. The van der Waals surface area contributed by atoms with Crippen LogP contribution in [0, 0.1) is 0 Å². The number of phenolic OH excluding ortho intramolecular Hbond substituents is 1. The highest BCUT2D eigenvalue weighted by Gasteiger charge is 2.21. The number of aromatic hydroxyl groups is 1. The summed E-state index contributed by atoms with van der Waals surface area (Å²) in [5, 5.41) is 9.89. The molecule has 3 N–H and O–H groups in total. The van der Waals surface area contributed by atoms with Gasteiger partial charge in [0, 0.05) is 11.1 Å². The molecule has 0 fully saturated rings. The second-order valence-corrected chi connectivity index (χ2v) is 5.87. The Labute approximate surface area is 144 Å². The van der Waals surface area contributed by atoms with Gasteiger partial charge in [-0.1, -0.05) is 41.9 Å². The minimum atomic E-state index is -0.572. The van der Waals surface area contributed by atoms with Crippen LogP contribution in [0.25, 0.3) is 22.5 Å². The number of nitrogens with zero attached hydrogens (tertiary/aromatic N) is 2. The number of carbonyl (C=O) groups is 1. The Kier molecular flexibility index (Phi) is 4.27. The number of benzene rings is 2. The van der Waals surface area contributed by atoms with Crippen LogP contribution < -0.4 is 5.73 Å². The number of amides is 1. The van der Waals surface area contributed by atoms with E-state index >= 15 is 0 Å². The Bertz CT molecular complexity index is 891. The summed E-state index contributed by atoms with van der Waals surface area (Å²) < 4.78 is 1.72. The molecule has 122 valence electrons. The molecule has 0 aliphatic carbocycles. The lowest BCUT2D eigenvalue weighted by molar-refractivity contribution is -0.120. The Morgan fingerprint density at radius 1 is 1.21 bits per heavy atom. The highest BCUT2D eigenvalue weighted by molar-refractivity contribution is 6.32. The molecule has 0 saturated carbocycles. The molecule has 1 aromatic heterocycles. The smallest absolute Gasteiger partial charge is 0.240 e. The summed E-state index contributed by atoms with van der Waals surface area (Å²) in [4.78, 5) is 16.1. The zero-order chi connectivity index (χ0) is 17.3. The lowest BCUT2D eigenvalue weighted by Crippen LogP contribution is -2.24. The van der Waals surface area contributed by atoms with E-state index in [2.05, 4.69) is 4.98 Å². The quantitative estimate of drug-likeness (QED) is 0.760. The molecule has 0 aliphatic rings. The first kappa shape index (κ1) is 16.1. The van der Waals surface area contributed by atoms with Crippen LogP contribution in [0.3, 0.4) is 0 Å². The molecule has 5 nitrogen and oxygen atoms in total. The number of primary amides is 1. The van der Waals surface area contributed by atoms with E-state index in [4.69, 9.17) is 17.3 Å². The maximum atomic E-state index is 11.7. The fourth-order valence-electron chi connectivity index (χ4n) is 2.54. The van der Waals surface area contributed by atoms with E-state index in [1.165, 1.54) is 6.07 Å². The van der Waals surface area contributed by atoms with Gasteiger partial charge in [0.2, 0.25) is 5.91 Å². The van der Waals surface area contributed by atoms with Crippen molar-refractivity contribution in [3.8, 4) is 28.3 Å². The van der Waals surface area contributed by atoms with Gasteiger partial charge in [0.05, 0.1) is 22.7 Å². The first-order valence-electron chi connectivity index (χ1n) is 7.39. The summed E-state index contributed by atoms with van der Waals surface area (Å²) in [6, 6.07) is 13.9. The zero-order valence-electron chi connectivity index (χ0n) is 13.0. The Morgan fingerprint density at radius 3 is 2.54 bits per heavy atom. The van der Waals surface area contributed by atoms with E-state index in [1.807, 2.05) is 30.3 Å². The molecule has 24 heavy (non-hydrogen) atoms. The Hall–Kier alpha value is -2.79. The first-order chi connectivity index (χ1) is 11.5. The van der Waals surface area contributed by atoms with Crippen molar-refractivity contribution in [1.29, 1.82) is 0 Å². The molecule has 1 heterocycles. The van der Waals surface area contributed by atoms with Gasteiger partial charge in [-0.25, -0.2) is 4.98 Å². The first-order valence-corrected chi connectivity index (χ1v) is 7.77. The highest BCUT2D eigenvalue weighted by atomic mass is 35.5. The van der Waals surface area contributed by atoms with Crippen molar-refractivity contribution in [2.75, 3.05) is 0 Å². The van der Waals surface area contributed by atoms with Gasteiger partial charge in [0.1, 0.15) is 11.8 Å². The third kappa shape index (κ3) is 2.86. The maximum Gasteiger partial charge on any atom is 0.240 e. The molecule has 1 amide bonds. The largest absolute Gasteiger partial charge is 0.506 e. The summed E-state index contributed by atoms with van der Waals surface area (Å²) in [6.45, 7) is 1.71. The second kappa shape index (κ2) is 6.37. The van der Waals surface area contributed by atoms with Gasteiger partial charge in [-0.15, -0.1) is 0 Å². The number of rotatable bonds is 4. The molecule has 3 rings (SSSR count). The van der Waals surface area contributed by atoms with E-state index in [1.54, 1.807) is 30.0 Å².